The first-order chi connectivity index (χ1) is 22.8. The highest BCUT2D eigenvalue weighted by Crippen LogP contribution is 2.58. The third-order valence-corrected chi connectivity index (χ3v) is 8.26. The molecular formula is C35H27N11. The average Bonchev–Trinajstić information content (AvgIpc) is 3.89. The fraction of sp³-hybridized carbons (Fsp3) is 0.0571. The van der Waals surface area contributed by atoms with Crippen LogP contribution in [0.25, 0.3) is 11.4 Å². The van der Waals surface area contributed by atoms with Crippen LogP contribution < -0.4 is 10.2 Å². The highest BCUT2D eigenvalue weighted by molar-refractivity contribution is 6.00. The molecule has 1 aliphatic rings. The normalized spacial score (nSPS) is 19.5. The van der Waals surface area contributed by atoms with Gasteiger partial charge in [-0.15, -0.1) is 0 Å². The van der Waals surface area contributed by atoms with Crippen molar-refractivity contribution in [3.05, 3.63) is 181 Å². The quantitative estimate of drug-likeness (QED) is 0.232. The zero-order valence-corrected chi connectivity index (χ0v) is 24.4. The summed E-state index contributed by atoms with van der Waals surface area (Å²) in [5.74, 6) is 1.12. The van der Waals surface area contributed by atoms with E-state index in [9.17, 15) is 0 Å². The molecule has 7 aromatic heterocycles. The number of nitrogens with one attached hydrogen (secondary N) is 3. The number of aromatic amines is 2. The summed E-state index contributed by atoms with van der Waals surface area (Å²) in [6, 6.07) is 27.5. The largest absolute Gasteiger partial charge is 0.364 e. The minimum absolute atomic E-state index is 0.479. The van der Waals surface area contributed by atoms with Gasteiger partial charge in [0.15, 0.2) is 16.9 Å². The maximum atomic E-state index is 5.05. The Balaban J connectivity index is 1.66. The summed E-state index contributed by atoms with van der Waals surface area (Å²) in [5.41, 5.74) is 2.98. The van der Waals surface area contributed by atoms with Gasteiger partial charge >= 0.3 is 0 Å². The zero-order valence-electron chi connectivity index (χ0n) is 24.4. The molecule has 0 aromatic carbocycles. The molecule has 0 radical (unpaired) electrons. The molecule has 0 fully saturated rings. The van der Waals surface area contributed by atoms with Gasteiger partial charge in [0.25, 0.3) is 0 Å². The molecule has 8 rings (SSSR count). The monoisotopic (exact) mass is 601 g/mol. The summed E-state index contributed by atoms with van der Waals surface area (Å²) in [6.07, 6.45) is 17.9. The Morgan fingerprint density at radius 2 is 1.41 bits per heavy atom. The van der Waals surface area contributed by atoms with E-state index in [1.54, 1.807) is 49.6 Å². The average molecular weight is 602 g/mol. The molecule has 11 heteroatoms. The summed E-state index contributed by atoms with van der Waals surface area (Å²) < 4.78 is 0. The predicted octanol–water partition coefficient (Wildman–Crippen LogP) is 4.93. The molecule has 0 saturated carbocycles. The van der Waals surface area contributed by atoms with Gasteiger partial charge in [0.2, 0.25) is 0 Å². The van der Waals surface area contributed by atoms with Crippen LogP contribution in [0.5, 0.6) is 0 Å². The zero-order chi connectivity index (χ0) is 30.8. The molecule has 1 aliphatic heterocycles. The van der Waals surface area contributed by atoms with Gasteiger partial charge in [0, 0.05) is 73.1 Å². The fourth-order valence-corrected chi connectivity index (χ4v) is 6.51. The smallest absolute Gasteiger partial charge is 0.182 e. The van der Waals surface area contributed by atoms with E-state index in [0.717, 1.165) is 28.2 Å². The Kier molecular flexibility index (Phi) is 6.60. The van der Waals surface area contributed by atoms with Crippen molar-refractivity contribution in [3.63, 3.8) is 0 Å². The van der Waals surface area contributed by atoms with Crippen molar-refractivity contribution in [2.24, 2.45) is 0 Å². The Hall–Kier alpha value is -6.49. The number of hydrogen-bond donors (Lipinski definition) is 3. The molecule has 2 atom stereocenters. The molecule has 8 heterocycles. The summed E-state index contributed by atoms with van der Waals surface area (Å²) in [5, 5.41) is 11.9. The lowest BCUT2D eigenvalue weighted by atomic mass is 9.65. The number of nitrogens with zero attached hydrogens (tertiary/aromatic N) is 8. The van der Waals surface area contributed by atoms with Crippen molar-refractivity contribution in [1.82, 2.24) is 50.4 Å². The lowest BCUT2D eigenvalue weighted by Gasteiger charge is -2.58. The van der Waals surface area contributed by atoms with E-state index in [4.69, 9.17) is 19.9 Å². The van der Waals surface area contributed by atoms with Crippen LogP contribution in [0.1, 0.15) is 34.0 Å². The maximum Gasteiger partial charge on any atom is 0.182 e. The molecule has 0 bridgehead atoms. The first kappa shape index (κ1) is 27.1. The number of rotatable bonds is 7. The number of anilines is 1. The molecular weight excluding hydrogens is 574 g/mol. The maximum absolute atomic E-state index is 5.05. The second kappa shape index (κ2) is 11.2. The van der Waals surface area contributed by atoms with Crippen molar-refractivity contribution < 1.29 is 0 Å². The number of pyridine rings is 4. The van der Waals surface area contributed by atoms with Crippen LogP contribution in [-0.4, -0.2) is 45.1 Å². The Morgan fingerprint density at radius 3 is 2.09 bits per heavy atom. The van der Waals surface area contributed by atoms with Crippen LogP contribution in [0.2, 0.25) is 0 Å². The van der Waals surface area contributed by atoms with Crippen molar-refractivity contribution >= 4 is 17.2 Å². The topological polar surface area (TPSA) is 137 Å². The van der Waals surface area contributed by atoms with Crippen LogP contribution in [0.15, 0.2) is 147 Å². The molecule has 2 unspecified atom stereocenters. The third-order valence-electron chi connectivity index (χ3n) is 8.26. The highest BCUT2D eigenvalue weighted by Gasteiger charge is 2.67. The first-order valence-corrected chi connectivity index (χ1v) is 14.7. The summed E-state index contributed by atoms with van der Waals surface area (Å²) in [6.45, 7) is 0. The van der Waals surface area contributed by atoms with Gasteiger partial charge in [0.1, 0.15) is 5.82 Å². The van der Waals surface area contributed by atoms with E-state index >= 15 is 0 Å². The number of H-pyrrole nitrogens is 2. The summed E-state index contributed by atoms with van der Waals surface area (Å²) >= 11 is 0. The Morgan fingerprint density at radius 1 is 0.587 bits per heavy atom. The molecule has 0 spiro atoms. The second-order valence-electron chi connectivity index (χ2n) is 10.7. The SMILES string of the molecule is c1ccc(N2C(c3cccnc3)=C(c3ccncc3)NC(c3ccccn3)(c3ccc[nH]3)C2(c2ncccn2)c2ccn[nH]2)nc1. The molecule has 0 aliphatic carbocycles. The fourth-order valence-electron chi connectivity index (χ4n) is 6.51. The van der Waals surface area contributed by atoms with Crippen LogP contribution in [0, 0.1) is 0 Å². The van der Waals surface area contributed by atoms with Gasteiger partial charge in [-0.25, -0.2) is 15.0 Å². The standard InChI is InChI=1S/C35H27N11/c1-3-16-38-27(9-1)34(28-10-6-18-39-28)35(29-14-23-43-45-29,33-41-19-7-20-42-33)46(30-11-2-4-17-40-30)32(26-8-5-15-37-24-26)31(44-34)25-12-21-36-22-13-25/h1-24,39,44H,(H,43,45). The van der Waals surface area contributed by atoms with Crippen molar-refractivity contribution in [3.8, 4) is 0 Å². The lowest BCUT2D eigenvalue weighted by Crippen LogP contribution is -2.70. The Bertz CT molecular complexity index is 2050. The molecule has 46 heavy (non-hydrogen) atoms. The number of hydrogen-bond acceptors (Lipinski definition) is 9. The lowest BCUT2D eigenvalue weighted by molar-refractivity contribution is 0.241. The van der Waals surface area contributed by atoms with E-state index in [1.165, 1.54) is 0 Å². The van der Waals surface area contributed by atoms with Crippen LogP contribution in [0.4, 0.5) is 5.82 Å². The van der Waals surface area contributed by atoms with E-state index in [0.29, 0.717) is 23.0 Å². The minimum atomic E-state index is -1.33. The van der Waals surface area contributed by atoms with Crippen LogP contribution >= 0.6 is 0 Å². The minimum Gasteiger partial charge on any atom is -0.364 e. The van der Waals surface area contributed by atoms with Crippen molar-refractivity contribution in [2.75, 3.05) is 4.90 Å². The van der Waals surface area contributed by atoms with Crippen molar-refractivity contribution in [1.29, 1.82) is 0 Å². The first-order valence-electron chi connectivity index (χ1n) is 14.7. The molecule has 7 aromatic rings. The van der Waals surface area contributed by atoms with Crippen molar-refractivity contribution in [2.45, 2.75) is 11.1 Å². The molecule has 0 amide bonds. The Labute approximate surface area is 264 Å². The second-order valence-corrected chi connectivity index (χ2v) is 10.7. The number of aromatic nitrogens is 9. The highest BCUT2D eigenvalue weighted by atomic mass is 15.4. The van der Waals surface area contributed by atoms with E-state index in [-0.39, 0.29) is 0 Å². The molecule has 222 valence electrons. The third kappa shape index (κ3) is 4.02. The summed E-state index contributed by atoms with van der Waals surface area (Å²) in [7, 11) is 0. The van der Waals surface area contributed by atoms with Gasteiger partial charge in [-0.3, -0.25) is 20.1 Å². The molecule has 3 N–H and O–H groups in total. The van der Waals surface area contributed by atoms with Gasteiger partial charge in [-0.2, -0.15) is 5.10 Å². The van der Waals surface area contributed by atoms with Crippen LogP contribution in [-0.2, 0) is 11.1 Å². The van der Waals surface area contributed by atoms with E-state index in [2.05, 4.69) is 35.4 Å². The molecule has 11 nitrogen and oxygen atoms in total. The van der Waals surface area contributed by atoms with Gasteiger partial charge < -0.3 is 15.2 Å². The van der Waals surface area contributed by atoms with E-state index in [1.807, 2.05) is 97.3 Å². The van der Waals surface area contributed by atoms with Crippen LogP contribution in [0.3, 0.4) is 0 Å². The predicted molar refractivity (Wildman–Crippen MR) is 172 cm³/mol. The van der Waals surface area contributed by atoms with Gasteiger partial charge in [-0.1, -0.05) is 12.1 Å². The molecule has 0 saturated heterocycles. The summed E-state index contributed by atoms with van der Waals surface area (Å²) in [4.78, 5) is 34.7. The van der Waals surface area contributed by atoms with Gasteiger partial charge in [0.05, 0.1) is 28.5 Å². The van der Waals surface area contributed by atoms with E-state index < -0.39 is 11.1 Å². The van der Waals surface area contributed by atoms with Gasteiger partial charge in [-0.05, 0) is 72.8 Å².